The molecule has 2 N–H and O–H groups in total. The monoisotopic (exact) mass is 455 g/mol. The Balaban J connectivity index is 2.45. The number of thiol groups is 1. The van der Waals surface area contributed by atoms with Crippen molar-refractivity contribution in [1.82, 2.24) is 0 Å². The quantitative estimate of drug-likeness (QED) is 0.536. The number of anilines is 1. The number of halogens is 1. The van der Waals surface area contributed by atoms with Crippen LogP contribution in [0.1, 0.15) is 11.5 Å². The molecule has 3 rings (SSSR count). The second-order valence-electron chi connectivity index (χ2n) is 6.47. The number of nitrogens with zero attached hydrogens (tertiary/aromatic N) is 2. The fraction of sp³-hybridized carbons (Fsp3) is 0.136. The van der Waals surface area contributed by atoms with Crippen molar-refractivity contribution in [2.45, 2.75) is 10.8 Å². The number of rotatable bonds is 4. The standard InChI is InChI=1S/C22H18ClN3O4S/c1-29-21(27)18-17(12-6-4-3-5-7-12)14(11-24)20(25)26(19(18)22(28)30-2)15-10-13(23)8-9-16(15)31/h3-10,17,31H,25H2,1-2H3. The average Bonchev–Trinajstić information content (AvgIpc) is 2.79. The van der Waals surface area contributed by atoms with Crippen molar-refractivity contribution in [3.63, 3.8) is 0 Å². The molecule has 0 saturated heterocycles. The first-order valence-corrected chi connectivity index (χ1v) is 9.82. The Hall–Kier alpha value is -3.41. The van der Waals surface area contributed by atoms with Crippen molar-refractivity contribution < 1.29 is 19.1 Å². The topological polar surface area (TPSA) is 106 Å². The van der Waals surface area contributed by atoms with E-state index < -0.39 is 17.9 Å². The van der Waals surface area contributed by atoms with Gasteiger partial charge in [0, 0.05) is 9.92 Å². The van der Waals surface area contributed by atoms with Gasteiger partial charge in [0.25, 0.3) is 0 Å². The first kappa shape index (κ1) is 22.3. The number of esters is 2. The number of carbonyl (C=O) groups is 2. The van der Waals surface area contributed by atoms with Crippen molar-refractivity contribution in [2.24, 2.45) is 5.73 Å². The molecule has 9 heteroatoms. The fourth-order valence-electron chi connectivity index (χ4n) is 3.44. The number of hydrogen-bond donors (Lipinski definition) is 2. The van der Waals surface area contributed by atoms with Crippen LogP contribution in [0.25, 0.3) is 0 Å². The lowest BCUT2D eigenvalue weighted by molar-refractivity contribution is -0.139. The van der Waals surface area contributed by atoms with Crippen LogP contribution < -0.4 is 10.6 Å². The first-order valence-electron chi connectivity index (χ1n) is 8.99. The molecule has 0 aliphatic carbocycles. The molecule has 0 spiro atoms. The summed E-state index contributed by atoms with van der Waals surface area (Å²) in [4.78, 5) is 27.6. The third-order valence-corrected chi connectivity index (χ3v) is 5.40. The number of allylic oxidation sites excluding steroid dienone is 1. The Morgan fingerprint density at radius 1 is 1.13 bits per heavy atom. The van der Waals surface area contributed by atoms with Crippen LogP contribution >= 0.6 is 24.2 Å². The van der Waals surface area contributed by atoms with E-state index >= 15 is 0 Å². The maximum absolute atomic E-state index is 12.9. The summed E-state index contributed by atoms with van der Waals surface area (Å²) in [6.07, 6.45) is 0. The Morgan fingerprint density at radius 3 is 2.35 bits per heavy atom. The highest BCUT2D eigenvalue weighted by molar-refractivity contribution is 7.80. The molecule has 1 unspecified atom stereocenters. The average molecular weight is 456 g/mol. The molecule has 0 amide bonds. The predicted octanol–water partition coefficient (Wildman–Crippen LogP) is 3.53. The number of ether oxygens (including phenoxy) is 2. The Morgan fingerprint density at radius 2 is 1.77 bits per heavy atom. The summed E-state index contributed by atoms with van der Waals surface area (Å²) < 4.78 is 9.96. The van der Waals surface area contributed by atoms with Crippen LogP contribution in [-0.2, 0) is 19.1 Å². The van der Waals surface area contributed by atoms with Gasteiger partial charge in [-0.3, -0.25) is 4.90 Å². The predicted molar refractivity (Wildman–Crippen MR) is 118 cm³/mol. The van der Waals surface area contributed by atoms with Crippen molar-refractivity contribution in [3.05, 3.63) is 81.8 Å². The molecule has 0 bridgehead atoms. The summed E-state index contributed by atoms with van der Waals surface area (Å²) in [6.45, 7) is 0. The largest absolute Gasteiger partial charge is 0.466 e. The minimum atomic E-state index is -0.938. The highest BCUT2D eigenvalue weighted by Gasteiger charge is 2.43. The Bertz CT molecular complexity index is 1160. The molecule has 0 saturated carbocycles. The van der Waals surface area contributed by atoms with E-state index in [1.165, 1.54) is 25.2 Å². The lowest BCUT2D eigenvalue weighted by atomic mass is 9.81. The van der Waals surface area contributed by atoms with Crippen LogP contribution in [0.3, 0.4) is 0 Å². The fourth-order valence-corrected chi connectivity index (χ4v) is 3.84. The van der Waals surface area contributed by atoms with E-state index in [-0.39, 0.29) is 22.7 Å². The lowest BCUT2D eigenvalue weighted by Crippen LogP contribution is -2.41. The number of nitriles is 1. The molecule has 1 aliphatic heterocycles. The van der Waals surface area contributed by atoms with Crippen LogP contribution in [-0.4, -0.2) is 26.2 Å². The molecular weight excluding hydrogens is 438 g/mol. The van der Waals surface area contributed by atoms with E-state index in [9.17, 15) is 14.9 Å². The molecule has 158 valence electrons. The molecule has 0 fully saturated rings. The van der Waals surface area contributed by atoms with Gasteiger partial charge in [0.05, 0.1) is 43.0 Å². The van der Waals surface area contributed by atoms with E-state index in [0.717, 1.165) is 0 Å². The number of hydrogen-bond acceptors (Lipinski definition) is 8. The third-order valence-electron chi connectivity index (χ3n) is 4.79. The number of carbonyl (C=O) groups excluding carboxylic acids is 2. The molecule has 31 heavy (non-hydrogen) atoms. The summed E-state index contributed by atoms with van der Waals surface area (Å²) in [6, 6.07) is 15.6. The van der Waals surface area contributed by atoms with E-state index in [1.807, 2.05) is 0 Å². The molecule has 7 nitrogen and oxygen atoms in total. The summed E-state index contributed by atoms with van der Waals surface area (Å²) in [7, 11) is 2.37. The summed E-state index contributed by atoms with van der Waals surface area (Å²) >= 11 is 10.6. The summed E-state index contributed by atoms with van der Waals surface area (Å²) in [5.74, 6) is -2.63. The smallest absolute Gasteiger partial charge is 0.355 e. The number of methoxy groups -OCH3 is 2. The summed E-state index contributed by atoms with van der Waals surface area (Å²) in [5, 5.41) is 10.3. The maximum Gasteiger partial charge on any atom is 0.355 e. The van der Waals surface area contributed by atoms with E-state index in [1.54, 1.807) is 42.5 Å². The van der Waals surface area contributed by atoms with E-state index in [2.05, 4.69) is 18.7 Å². The van der Waals surface area contributed by atoms with Gasteiger partial charge in [-0.15, -0.1) is 12.6 Å². The van der Waals surface area contributed by atoms with Crippen molar-refractivity contribution >= 4 is 41.9 Å². The third kappa shape index (κ3) is 3.98. The molecule has 2 aromatic carbocycles. The molecule has 1 atom stereocenters. The van der Waals surface area contributed by atoms with Gasteiger partial charge in [-0.05, 0) is 23.8 Å². The second-order valence-corrected chi connectivity index (χ2v) is 7.39. The van der Waals surface area contributed by atoms with Crippen LogP contribution in [0.2, 0.25) is 5.02 Å². The molecule has 0 aromatic heterocycles. The molecule has 0 radical (unpaired) electrons. The minimum absolute atomic E-state index is 0.0537. The number of nitrogens with two attached hydrogens (primary N) is 1. The van der Waals surface area contributed by atoms with E-state index in [4.69, 9.17) is 26.8 Å². The van der Waals surface area contributed by atoms with Gasteiger partial charge in [0.2, 0.25) is 0 Å². The zero-order valence-corrected chi connectivity index (χ0v) is 18.3. The SMILES string of the molecule is COC(=O)C1=C(C(=O)OC)N(c2cc(Cl)ccc2S)C(N)=C(C#N)C1c1ccccc1. The highest BCUT2D eigenvalue weighted by Crippen LogP contribution is 2.44. The Kier molecular flexibility index (Phi) is 6.59. The van der Waals surface area contributed by atoms with E-state index in [0.29, 0.717) is 21.2 Å². The maximum atomic E-state index is 12.9. The van der Waals surface area contributed by atoms with Gasteiger partial charge in [0.15, 0.2) is 0 Å². The molecular formula is C22H18ClN3O4S. The number of benzene rings is 2. The van der Waals surface area contributed by atoms with Gasteiger partial charge < -0.3 is 15.2 Å². The lowest BCUT2D eigenvalue weighted by Gasteiger charge is -2.36. The zero-order valence-electron chi connectivity index (χ0n) is 16.6. The van der Waals surface area contributed by atoms with Gasteiger partial charge in [-0.2, -0.15) is 5.26 Å². The molecule has 2 aromatic rings. The van der Waals surface area contributed by atoms with Crippen LogP contribution in [0.15, 0.2) is 76.1 Å². The normalized spacial score (nSPS) is 16.1. The minimum Gasteiger partial charge on any atom is -0.466 e. The first-order chi connectivity index (χ1) is 14.8. The van der Waals surface area contributed by atoms with Gasteiger partial charge in [-0.25, -0.2) is 9.59 Å². The Labute approximate surface area is 189 Å². The second kappa shape index (κ2) is 9.16. The summed E-state index contributed by atoms with van der Waals surface area (Å²) in [5.41, 5.74) is 7.09. The van der Waals surface area contributed by atoms with Crippen LogP contribution in [0.5, 0.6) is 0 Å². The van der Waals surface area contributed by atoms with Crippen LogP contribution in [0.4, 0.5) is 5.69 Å². The highest BCUT2D eigenvalue weighted by atomic mass is 35.5. The van der Waals surface area contributed by atoms with Crippen molar-refractivity contribution in [3.8, 4) is 6.07 Å². The van der Waals surface area contributed by atoms with Gasteiger partial charge in [-0.1, -0.05) is 41.9 Å². The van der Waals surface area contributed by atoms with Gasteiger partial charge in [0.1, 0.15) is 11.5 Å². The van der Waals surface area contributed by atoms with Crippen molar-refractivity contribution in [1.29, 1.82) is 5.26 Å². The zero-order chi connectivity index (χ0) is 22.7. The molecule has 1 aliphatic rings. The molecule has 1 heterocycles. The van der Waals surface area contributed by atoms with Gasteiger partial charge >= 0.3 is 11.9 Å². The van der Waals surface area contributed by atoms with Crippen LogP contribution in [0, 0.1) is 11.3 Å². The van der Waals surface area contributed by atoms with Crippen molar-refractivity contribution in [2.75, 3.05) is 19.1 Å².